The maximum Gasteiger partial charge on any atom is 0.416 e. The van der Waals surface area contributed by atoms with Gasteiger partial charge in [-0.25, -0.2) is 0 Å². The summed E-state index contributed by atoms with van der Waals surface area (Å²) in [5.74, 6) is 0. The summed E-state index contributed by atoms with van der Waals surface area (Å²) in [5, 5.41) is 0. The molecule has 0 aromatic heterocycles. The Morgan fingerprint density at radius 3 is 2.23 bits per heavy atom. The van der Waals surface area contributed by atoms with Gasteiger partial charge < -0.3 is 9.80 Å². The van der Waals surface area contributed by atoms with Crippen LogP contribution in [-0.4, -0.2) is 49.6 Å². The number of likely N-dealkylation sites (N-methyl/N-ethyl adjacent to an activating group) is 1. The number of halogens is 3. The molecule has 26 heavy (non-hydrogen) atoms. The topological polar surface area (TPSA) is 6.48 Å². The minimum atomic E-state index is -4.31. The molecule has 2 nitrogen and oxygen atoms in total. The molecule has 5 heteroatoms. The van der Waals surface area contributed by atoms with Crippen LogP contribution in [0.1, 0.15) is 17.5 Å². The van der Waals surface area contributed by atoms with E-state index in [-0.39, 0.29) is 0 Å². The molecule has 1 fully saturated rings. The van der Waals surface area contributed by atoms with Crippen molar-refractivity contribution < 1.29 is 13.2 Å². The van der Waals surface area contributed by atoms with Gasteiger partial charge in [-0.15, -0.1) is 0 Å². The second-order valence-electron chi connectivity index (χ2n) is 7.03. The molecule has 2 aromatic rings. The number of hydrogen-bond acceptors (Lipinski definition) is 2. The second kappa shape index (κ2) is 8.23. The van der Waals surface area contributed by atoms with Gasteiger partial charge in [0.1, 0.15) is 0 Å². The van der Waals surface area contributed by atoms with Crippen molar-refractivity contribution in [3.63, 3.8) is 0 Å². The fourth-order valence-electron chi connectivity index (χ4n) is 3.36. The molecule has 0 radical (unpaired) electrons. The Labute approximate surface area is 153 Å². The van der Waals surface area contributed by atoms with Crippen LogP contribution in [0.4, 0.5) is 13.2 Å². The van der Waals surface area contributed by atoms with E-state index in [1.54, 1.807) is 6.07 Å². The summed E-state index contributed by atoms with van der Waals surface area (Å²) in [6, 6.07) is 13.4. The molecule has 3 rings (SSSR count). The van der Waals surface area contributed by atoms with Crippen molar-refractivity contribution in [3.05, 3.63) is 59.7 Å². The van der Waals surface area contributed by atoms with Crippen LogP contribution in [0.3, 0.4) is 0 Å². The predicted molar refractivity (Wildman–Crippen MR) is 99.1 cm³/mol. The normalized spacial score (nSPS) is 16.8. The zero-order valence-electron chi connectivity index (χ0n) is 15.1. The van der Waals surface area contributed by atoms with E-state index in [0.29, 0.717) is 5.56 Å². The molecular weight excluding hydrogens is 337 g/mol. The first-order valence-corrected chi connectivity index (χ1v) is 9.09. The summed E-state index contributed by atoms with van der Waals surface area (Å²) in [4.78, 5) is 4.83. The van der Waals surface area contributed by atoms with Crippen molar-refractivity contribution in [2.75, 3.05) is 39.8 Å². The van der Waals surface area contributed by atoms with Crippen LogP contribution in [-0.2, 0) is 12.6 Å². The van der Waals surface area contributed by atoms with E-state index < -0.39 is 11.7 Å². The van der Waals surface area contributed by atoms with E-state index >= 15 is 0 Å². The van der Waals surface area contributed by atoms with Crippen LogP contribution in [0.25, 0.3) is 11.1 Å². The van der Waals surface area contributed by atoms with E-state index in [4.69, 9.17) is 0 Å². The first-order valence-electron chi connectivity index (χ1n) is 9.09. The molecule has 0 amide bonds. The molecule has 1 aliphatic heterocycles. The highest BCUT2D eigenvalue weighted by Crippen LogP contribution is 2.32. The number of piperazine rings is 1. The predicted octanol–water partition coefficient (Wildman–Crippen LogP) is 4.55. The van der Waals surface area contributed by atoms with Gasteiger partial charge in [-0.1, -0.05) is 36.4 Å². The molecule has 0 saturated carbocycles. The quantitative estimate of drug-likeness (QED) is 0.770. The first kappa shape index (κ1) is 18.9. The van der Waals surface area contributed by atoms with Crippen LogP contribution < -0.4 is 0 Å². The molecule has 0 aliphatic carbocycles. The van der Waals surface area contributed by atoms with Crippen LogP contribution in [0.15, 0.2) is 48.5 Å². The van der Waals surface area contributed by atoms with Crippen molar-refractivity contribution in [3.8, 4) is 11.1 Å². The van der Waals surface area contributed by atoms with E-state index in [0.717, 1.165) is 57.2 Å². The van der Waals surface area contributed by atoms with Gasteiger partial charge in [-0.05, 0) is 55.3 Å². The minimum absolute atomic E-state index is 0.601. The lowest BCUT2D eigenvalue weighted by molar-refractivity contribution is -0.137. The van der Waals surface area contributed by atoms with Crippen LogP contribution in [0, 0.1) is 0 Å². The number of rotatable bonds is 5. The average molecular weight is 362 g/mol. The van der Waals surface area contributed by atoms with E-state index in [2.05, 4.69) is 22.9 Å². The molecule has 1 heterocycles. The minimum Gasteiger partial charge on any atom is -0.304 e. The molecule has 2 aromatic carbocycles. The monoisotopic (exact) mass is 362 g/mol. The van der Waals surface area contributed by atoms with Crippen molar-refractivity contribution >= 4 is 0 Å². The molecule has 140 valence electrons. The van der Waals surface area contributed by atoms with Crippen molar-refractivity contribution in [2.45, 2.75) is 19.0 Å². The van der Waals surface area contributed by atoms with Crippen molar-refractivity contribution in [2.24, 2.45) is 0 Å². The molecule has 0 spiro atoms. The summed E-state index contributed by atoms with van der Waals surface area (Å²) in [5.41, 5.74) is 2.03. The first-order chi connectivity index (χ1) is 12.4. The number of alkyl halides is 3. The Morgan fingerprint density at radius 2 is 1.54 bits per heavy atom. The van der Waals surface area contributed by atoms with Gasteiger partial charge in [0.05, 0.1) is 5.56 Å². The molecule has 0 bridgehead atoms. The van der Waals surface area contributed by atoms with E-state index in [9.17, 15) is 13.2 Å². The Bertz CT molecular complexity index is 719. The molecule has 1 saturated heterocycles. The third kappa shape index (κ3) is 5.08. The molecule has 1 aliphatic rings. The summed E-state index contributed by atoms with van der Waals surface area (Å²) >= 11 is 0. The van der Waals surface area contributed by atoms with Crippen LogP contribution in [0.2, 0.25) is 0 Å². The average Bonchev–Trinajstić information content (AvgIpc) is 2.63. The van der Waals surface area contributed by atoms with Gasteiger partial charge in [0.25, 0.3) is 0 Å². The number of hydrogen-bond donors (Lipinski definition) is 0. The lowest BCUT2D eigenvalue weighted by Gasteiger charge is -2.32. The van der Waals surface area contributed by atoms with Crippen LogP contribution >= 0.6 is 0 Å². The zero-order chi connectivity index (χ0) is 18.6. The fourth-order valence-corrected chi connectivity index (χ4v) is 3.36. The van der Waals surface area contributed by atoms with Crippen LogP contribution in [0.5, 0.6) is 0 Å². The summed E-state index contributed by atoms with van der Waals surface area (Å²) in [6.07, 6.45) is -2.30. The molecule has 0 N–H and O–H groups in total. The van der Waals surface area contributed by atoms with Gasteiger partial charge in [0, 0.05) is 26.2 Å². The fraction of sp³-hybridized carbons (Fsp3) is 0.429. The van der Waals surface area contributed by atoms with Crippen molar-refractivity contribution in [1.29, 1.82) is 0 Å². The third-order valence-electron chi connectivity index (χ3n) is 4.99. The Kier molecular flexibility index (Phi) is 5.99. The number of aryl methyl sites for hydroxylation is 1. The van der Waals surface area contributed by atoms with Gasteiger partial charge >= 0.3 is 6.18 Å². The Hall–Kier alpha value is -1.85. The van der Waals surface area contributed by atoms with Crippen molar-refractivity contribution in [1.82, 2.24) is 9.80 Å². The molecule has 0 atom stereocenters. The Balaban J connectivity index is 1.61. The van der Waals surface area contributed by atoms with Gasteiger partial charge in [-0.3, -0.25) is 0 Å². The number of benzene rings is 2. The molecular formula is C21H25F3N2. The highest BCUT2D eigenvalue weighted by Gasteiger charge is 2.30. The zero-order valence-corrected chi connectivity index (χ0v) is 15.1. The number of nitrogens with zero attached hydrogens (tertiary/aromatic N) is 2. The van der Waals surface area contributed by atoms with Gasteiger partial charge in [0.2, 0.25) is 0 Å². The molecule has 0 unspecified atom stereocenters. The summed E-state index contributed by atoms with van der Waals surface area (Å²) in [6.45, 7) is 5.53. The summed E-state index contributed by atoms with van der Waals surface area (Å²) in [7, 11) is 2.15. The van der Waals surface area contributed by atoms with Gasteiger partial charge in [-0.2, -0.15) is 13.2 Å². The highest BCUT2D eigenvalue weighted by atomic mass is 19.4. The van der Waals surface area contributed by atoms with E-state index in [1.165, 1.54) is 17.7 Å². The van der Waals surface area contributed by atoms with E-state index in [1.807, 2.05) is 18.2 Å². The third-order valence-corrected chi connectivity index (χ3v) is 4.99. The maximum absolute atomic E-state index is 12.9. The highest BCUT2D eigenvalue weighted by molar-refractivity contribution is 5.65. The standard InChI is InChI=1S/C21H25F3N2/c1-25-11-13-26(14-12-25)10-4-6-17-5-2-7-18(15-17)19-8-3-9-20(16-19)21(22,23)24/h2-3,5,7-9,15-16H,4,6,10-14H2,1H3. The Morgan fingerprint density at radius 1 is 0.885 bits per heavy atom. The smallest absolute Gasteiger partial charge is 0.304 e. The lowest BCUT2D eigenvalue weighted by atomic mass is 9.99. The lowest BCUT2D eigenvalue weighted by Crippen LogP contribution is -2.44. The van der Waals surface area contributed by atoms with Gasteiger partial charge in [0.15, 0.2) is 0 Å². The SMILES string of the molecule is CN1CCN(CCCc2cccc(-c3cccc(C(F)(F)F)c3)c2)CC1. The maximum atomic E-state index is 12.9. The summed E-state index contributed by atoms with van der Waals surface area (Å²) < 4.78 is 38.8. The largest absolute Gasteiger partial charge is 0.416 e. The second-order valence-corrected chi connectivity index (χ2v) is 7.03.